The van der Waals surface area contributed by atoms with Crippen LogP contribution in [0.25, 0.3) is 11.0 Å². The molecule has 2 aromatic rings. The fourth-order valence-electron chi connectivity index (χ4n) is 2.37. The Hall–Kier alpha value is -1.86. The average molecular weight is 213 g/mol. The van der Waals surface area contributed by atoms with E-state index in [4.69, 9.17) is 4.42 Å². The Morgan fingerprint density at radius 1 is 1.25 bits per heavy atom. The zero-order valence-electron chi connectivity index (χ0n) is 8.82. The predicted molar refractivity (Wildman–Crippen MR) is 60.6 cm³/mol. The quantitative estimate of drug-likeness (QED) is 0.539. The van der Waals surface area contributed by atoms with E-state index in [0.717, 1.165) is 29.6 Å². The maximum absolute atomic E-state index is 10.2. The Kier molecular flexibility index (Phi) is 2.12. The molecular formula is C13H11NO2. The largest absolute Gasteiger partial charge is 0.461 e. The first-order valence-corrected chi connectivity index (χ1v) is 5.50. The van der Waals surface area contributed by atoms with Gasteiger partial charge in [0.2, 0.25) is 6.08 Å². The maximum Gasteiger partial charge on any atom is 0.240 e. The summed E-state index contributed by atoms with van der Waals surface area (Å²) in [6.45, 7) is 0. The van der Waals surface area contributed by atoms with Gasteiger partial charge in [0.1, 0.15) is 11.3 Å². The van der Waals surface area contributed by atoms with Gasteiger partial charge in [-0.15, -0.1) is 0 Å². The van der Waals surface area contributed by atoms with E-state index in [2.05, 4.69) is 4.99 Å². The molecule has 0 spiro atoms. The lowest BCUT2D eigenvalue weighted by atomic mass is 9.96. The molecule has 1 heterocycles. The number of aliphatic imine (C=N–C) groups is 1. The highest BCUT2D eigenvalue weighted by Gasteiger charge is 2.17. The molecule has 80 valence electrons. The van der Waals surface area contributed by atoms with E-state index in [1.807, 2.05) is 12.1 Å². The van der Waals surface area contributed by atoms with Crippen molar-refractivity contribution in [3.05, 3.63) is 29.5 Å². The number of benzene rings is 1. The van der Waals surface area contributed by atoms with Crippen LogP contribution in [0.1, 0.15) is 24.2 Å². The van der Waals surface area contributed by atoms with Gasteiger partial charge in [-0.3, -0.25) is 0 Å². The number of isocyanates is 1. The third-order valence-electron chi connectivity index (χ3n) is 3.11. The fraction of sp³-hybridized carbons (Fsp3) is 0.308. The minimum atomic E-state index is 0.650. The van der Waals surface area contributed by atoms with Crippen LogP contribution in [0.15, 0.2) is 27.6 Å². The normalized spacial score (nSPS) is 14.5. The van der Waals surface area contributed by atoms with Crippen LogP contribution in [0, 0.1) is 0 Å². The van der Waals surface area contributed by atoms with Gasteiger partial charge in [0.15, 0.2) is 0 Å². The van der Waals surface area contributed by atoms with Crippen LogP contribution in [0.3, 0.4) is 0 Å². The molecule has 1 aliphatic rings. The van der Waals surface area contributed by atoms with Gasteiger partial charge >= 0.3 is 0 Å². The van der Waals surface area contributed by atoms with Crippen molar-refractivity contribution in [1.82, 2.24) is 0 Å². The third kappa shape index (κ3) is 1.37. The minimum absolute atomic E-state index is 0.650. The number of rotatable bonds is 1. The van der Waals surface area contributed by atoms with E-state index >= 15 is 0 Å². The Morgan fingerprint density at radius 3 is 3.00 bits per heavy atom. The molecule has 16 heavy (non-hydrogen) atoms. The van der Waals surface area contributed by atoms with Gasteiger partial charge in [-0.2, -0.15) is 4.99 Å². The van der Waals surface area contributed by atoms with E-state index in [1.54, 1.807) is 12.1 Å². The number of carbonyl (C=O) groups excluding carboxylic acids is 1. The Morgan fingerprint density at radius 2 is 2.12 bits per heavy atom. The van der Waals surface area contributed by atoms with Crippen LogP contribution in [0.2, 0.25) is 0 Å². The number of nitrogens with zero attached hydrogens (tertiary/aromatic N) is 1. The minimum Gasteiger partial charge on any atom is -0.461 e. The van der Waals surface area contributed by atoms with E-state index in [0.29, 0.717) is 5.69 Å². The number of hydrogen-bond acceptors (Lipinski definition) is 3. The molecule has 0 amide bonds. The van der Waals surface area contributed by atoms with Crippen molar-refractivity contribution in [3.8, 4) is 0 Å². The van der Waals surface area contributed by atoms with Crippen molar-refractivity contribution in [1.29, 1.82) is 0 Å². The van der Waals surface area contributed by atoms with Crippen LogP contribution in [0.4, 0.5) is 5.69 Å². The SMILES string of the molecule is O=C=Nc1ccc2oc3c(c2c1)CCCC3. The summed E-state index contributed by atoms with van der Waals surface area (Å²) in [5.74, 6) is 1.11. The molecule has 0 radical (unpaired) electrons. The van der Waals surface area contributed by atoms with Gasteiger partial charge in [-0.25, -0.2) is 4.79 Å². The van der Waals surface area contributed by atoms with Crippen LogP contribution in [-0.2, 0) is 17.6 Å². The van der Waals surface area contributed by atoms with Crippen LogP contribution in [-0.4, -0.2) is 6.08 Å². The predicted octanol–water partition coefficient (Wildman–Crippen LogP) is 3.28. The zero-order chi connectivity index (χ0) is 11.0. The fourth-order valence-corrected chi connectivity index (χ4v) is 2.37. The van der Waals surface area contributed by atoms with E-state index in [-0.39, 0.29) is 0 Å². The topological polar surface area (TPSA) is 42.6 Å². The van der Waals surface area contributed by atoms with Crippen molar-refractivity contribution in [3.63, 3.8) is 0 Å². The molecular weight excluding hydrogens is 202 g/mol. The molecule has 0 N–H and O–H groups in total. The second-order valence-electron chi connectivity index (χ2n) is 4.09. The lowest BCUT2D eigenvalue weighted by Gasteiger charge is -2.08. The highest BCUT2D eigenvalue weighted by molar-refractivity contribution is 5.85. The van der Waals surface area contributed by atoms with Crippen molar-refractivity contribution in [2.75, 3.05) is 0 Å². The van der Waals surface area contributed by atoms with Crippen LogP contribution in [0.5, 0.6) is 0 Å². The van der Waals surface area contributed by atoms with E-state index < -0.39 is 0 Å². The molecule has 0 bridgehead atoms. The molecule has 0 saturated carbocycles. The molecule has 3 rings (SSSR count). The molecule has 3 nitrogen and oxygen atoms in total. The summed E-state index contributed by atoms with van der Waals surface area (Å²) in [5, 5.41) is 1.10. The first-order valence-electron chi connectivity index (χ1n) is 5.50. The molecule has 1 aliphatic carbocycles. The number of hydrogen-bond donors (Lipinski definition) is 0. The summed E-state index contributed by atoms with van der Waals surface area (Å²) >= 11 is 0. The van der Waals surface area contributed by atoms with E-state index in [9.17, 15) is 4.79 Å². The smallest absolute Gasteiger partial charge is 0.240 e. The summed E-state index contributed by atoms with van der Waals surface area (Å²) in [4.78, 5) is 13.9. The summed E-state index contributed by atoms with van der Waals surface area (Å²) in [5.41, 5.74) is 2.85. The second-order valence-corrected chi connectivity index (χ2v) is 4.09. The van der Waals surface area contributed by atoms with Gasteiger partial charge in [0, 0.05) is 17.4 Å². The Bertz CT molecular complexity index is 591. The maximum atomic E-state index is 10.2. The summed E-state index contributed by atoms with van der Waals surface area (Å²) in [6, 6.07) is 5.57. The van der Waals surface area contributed by atoms with Gasteiger partial charge in [0.25, 0.3) is 0 Å². The number of aryl methyl sites for hydroxylation is 2. The highest BCUT2D eigenvalue weighted by atomic mass is 16.3. The molecule has 0 atom stereocenters. The molecule has 1 aromatic carbocycles. The first-order chi connectivity index (χ1) is 7.88. The zero-order valence-corrected chi connectivity index (χ0v) is 8.82. The van der Waals surface area contributed by atoms with Crippen molar-refractivity contribution in [2.45, 2.75) is 25.7 Å². The molecule has 1 aromatic heterocycles. The lowest BCUT2D eigenvalue weighted by molar-refractivity contribution is 0.506. The third-order valence-corrected chi connectivity index (χ3v) is 3.11. The first kappa shape index (κ1) is 9.37. The second kappa shape index (κ2) is 3.62. The van der Waals surface area contributed by atoms with Gasteiger partial charge in [-0.05, 0) is 37.5 Å². The standard InChI is InChI=1S/C13H11NO2/c15-8-14-9-5-6-13-11(7-9)10-3-1-2-4-12(10)16-13/h5-7H,1-4H2. The monoisotopic (exact) mass is 213 g/mol. The van der Waals surface area contributed by atoms with E-state index in [1.165, 1.54) is 18.4 Å². The molecule has 0 fully saturated rings. The van der Waals surface area contributed by atoms with Crippen LogP contribution >= 0.6 is 0 Å². The Balaban J connectivity index is 2.24. The summed E-state index contributed by atoms with van der Waals surface area (Å²) < 4.78 is 5.78. The molecule has 0 unspecified atom stereocenters. The average Bonchev–Trinajstić information content (AvgIpc) is 2.68. The number of fused-ring (bicyclic) bond motifs is 3. The highest BCUT2D eigenvalue weighted by Crippen LogP contribution is 2.33. The summed E-state index contributed by atoms with van der Waals surface area (Å²) in [7, 11) is 0. The number of furan rings is 1. The summed E-state index contributed by atoms with van der Waals surface area (Å²) in [6.07, 6.45) is 6.07. The van der Waals surface area contributed by atoms with Crippen molar-refractivity contribution >= 4 is 22.7 Å². The van der Waals surface area contributed by atoms with Gasteiger partial charge in [-0.1, -0.05) is 0 Å². The molecule has 0 aliphatic heterocycles. The molecule has 0 saturated heterocycles. The van der Waals surface area contributed by atoms with Crippen molar-refractivity contribution < 1.29 is 9.21 Å². The van der Waals surface area contributed by atoms with Crippen LogP contribution < -0.4 is 0 Å². The molecule has 3 heteroatoms. The Labute approximate surface area is 92.8 Å². The van der Waals surface area contributed by atoms with Gasteiger partial charge < -0.3 is 4.42 Å². The lowest BCUT2D eigenvalue weighted by Crippen LogP contribution is -1.98. The van der Waals surface area contributed by atoms with Crippen molar-refractivity contribution in [2.24, 2.45) is 4.99 Å². The van der Waals surface area contributed by atoms with Gasteiger partial charge in [0.05, 0.1) is 5.69 Å².